The van der Waals surface area contributed by atoms with Gasteiger partial charge in [-0.25, -0.2) is 0 Å². The molecule has 1 heterocycles. The van der Waals surface area contributed by atoms with E-state index in [1.807, 2.05) is 63.2 Å². The summed E-state index contributed by atoms with van der Waals surface area (Å²) in [4.78, 5) is 12.7. The predicted molar refractivity (Wildman–Crippen MR) is 80.3 cm³/mol. The number of aryl methyl sites for hydroxylation is 3. The van der Waals surface area contributed by atoms with Crippen LogP contribution < -0.4 is 0 Å². The molecule has 3 rings (SSSR count). The van der Waals surface area contributed by atoms with E-state index in [-0.39, 0.29) is 5.78 Å². The highest BCUT2D eigenvalue weighted by atomic mass is 16.3. The van der Waals surface area contributed by atoms with Gasteiger partial charge in [0.1, 0.15) is 5.58 Å². The number of para-hydroxylation sites is 1. The minimum Gasteiger partial charge on any atom is -0.452 e. The van der Waals surface area contributed by atoms with Crippen LogP contribution in [0.5, 0.6) is 0 Å². The smallest absolute Gasteiger partial charge is 0.228 e. The molecule has 0 saturated heterocycles. The van der Waals surface area contributed by atoms with Crippen molar-refractivity contribution in [3.8, 4) is 0 Å². The van der Waals surface area contributed by atoms with Crippen molar-refractivity contribution < 1.29 is 9.21 Å². The van der Waals surface area contributed by atoms with E-state index in [1.54, 1.807) is 0 Å². The van der Waals surface area contributed by atoms with Crippen molar-refractivity contribution in [2.24, 2.45) is 0 Å². The number of ketones is 1. The lowest BCUT2D eigenvalue weighted by atomic mass is 9.99. The van der Waals surface area contributed by atoms with Crippen LogP contribution in [0.1, 0.15) is 32.8 Å². The van der Waals surface area contributed by atoms with Crippen molar-refractivity contribution >= 4 is 16.8 Å². The van der Waals surface area contributed by atoms with E-state index in [0.29, 0.717) is 11.3 Å². The Balaban J connectivity index is 2.15. The number of rotatable bonds is 2. The van der Waals surface area contributed by atoms with Crippen molar-refractivity contribution in [3.63, 3.8) is 0 Å². The maximum absolute atomic E-state index is 12.7. The molecule has 0 amide bonds. The third kappa shape index (κ3) is 1.94. The van der Waals surface area contributed by atoms with Crippen LogP contribution >= 0.6 is 0 Å². The second kappa shape index (κ2) is 4.64. The highest BCUT2D eigenvalue weighted by molar-refractivity contribution is 6.11. The summed E-state index contributed by atoms with van der Waals surface area (Å²) in [6, 6.07) is 13.6. The molecule has 0 atom stereocenters. The number of furan rings is 1. The molecule has 100 valence electrons. The lowest BCUT2D eigenvalue weighted by Crippen LogP contribution is -2.04. The third-order valence-corrected chi connectivity index (χ3v) is 3.68. The molecule has 0 fully saturated rings. The lowest BCUT2D eigenvalue weighted by molar-refractivity contribution is 0.101. The van der Waals surface area contributed by atoms with Crippen LogP contribution in [0, 0.1) is 20.8 Å². The Hall–Kier alpha value is -2.35. The molecule has 0 radical (unpaired) electrons. The van der Waals surface area contributed by atoms with Gasteiger partial charge in [0.2, 0.25) is 5.78 Å². The SMILES string of the molecule is Cc1ccc(C(=O)c2oc3ccccc3c2C)c(C)c1. The zero-order valence-corrected chi connectivity index (χ0v) is 11.9. The first kappa shape index (κ1) is 12.7. The van der Waals surface area contributed by atoms with E-state index in [4.69, 9.17) is 4.42 Å². The molecule has 0 unspecified atom stereocenters. The van der Waals surface area contributed by atoms with Gasteiger partial charge in [-0.15, -0.1) is 0 Å². The van der Waals surface area contributed by atoms with E-state index >= 15 is 0 Å². The Morgan fingerprint density at radius 3 is 2.45 bits per heavy atom. The van der Waals surface area contributed by atoms with Crippen LogP contribution in [0.4, 0.5) is 0 Å². The fraction of sp³-hybridized carbons (Fsp3) is 0.167. The molecule has 3 aromatic rings. The molecule has 0 aliphatic rings. The van der Waals surface area contributed by atoms with E-state index in [0.717, 1.165) is 27.7 Å². The van der Waals surface area contributed by atoms with Crippen molar-refractivity contribution in [2.75, 3.05) is 0 Å². The van der Waals surface area contributed by atoms with Crippen LogP contribution in [-0.2, 0) is 0 Å². The van der Waals surface area contributed by atoms with Crippen LogP contribution in [0.25, 0.3) is 11.0 Å². The molecule has 0 aliphatic carbocycles. The van der Waals surface area contributed by atoms with E-state index in [9.17, 15) is 4.79 Å². The van der Waals surface area contributed by atoms with Crippen LogP contribution in [0.3, 0.4) is 0 Å². The van der Waals surface area contributed by atoms with Gasteiger partial charge in [0.05, 0.1) is 0 Å². The van der Waals surface area contributed by atoms with E-state index < -0.39 is 0 Å². The second-order valence-corrected chi connectivity index (χ2v) is 5.20. The summed E-state index contributed by atoms with van der Waals surface area (Å²) < 4.78 is 5.75. The van der Waals surface area contributed by atoms with Gasteiger partial charge >= 0.3 is 0 Å². The summed E-state index contributed by atoms with van der Waals surface area (Å²) in [5, 5.41) is 1.00. The minimum atomic E-state index is -0.0452. The van der Waals surface area contributed by atoms with Crippen LogP contribution in [-0.4, -0.2) is 5.78 Å². The summed E-state index contributed by atoms with van der Waals surface area (Å²) in [5.41, 5.74) is 4.51. The molecule has 2 aromatic carbocycles. The molecular formula is C18H16O2. The monoisotopic (exact) mass is 264 g/mol. The predicted octanol–water partition coefficient (Wildman–Crippen LogP) is 4.59. The molecule has 1 aromatic heterocycles. The fourth-order valence-corrected chi connectivity index (χ4v) is 2.58. The number of benzene rings is 2. The van der Waals surface area contributed by atoms with Gasteiger partial charge in [-0.2, -0.15) is 0 Å². The number of carbonyl (C=O) groups excluding carboxylic acids is 1. The van der Waals surface area contributed by atoms with Gasteiger partial charge in [0.25, 0.3) is 0 Å². The maximum atomic E-state index is 12.7. The Bertz CT molecular complexity index is 809. The van der Waals surface area contributed by atoms with E-state index in [1.165, 1.54) is 0 Å². The summed E-state index contributed by atoms with van der Waals surface area (Å²) in [7, 11) is 0. The average molecular weight is 264 g/mol. The average Bonchev–Trinajstić information content (AvgIpc) is 2.76. The van der Waals surface area contributed by atoms with Gasteiger partial charge < -0.3 is 4.42 Å². The Morgan fingerprint density at radius 1 is 1.00 bits per heavy atom. The second-order valence-electron chi connectivity index (χ2n) is 5.20. The summed E-state index contributed by atoms with van der Waals surface area (Å²) in [5.74, 6) is 0.398. The number of fused-ring (bicyclic) bond motifs is 1. The summed E-state index contributed by atoms with van der Waals surface area (Å²) in [6.45, 7) is 5.91. The van der Waals surface area contributed by atoms with E-state index in [2.05, 4.69) is 0 Å². The Morgan fingerprint density at radius 2 is 1.75 bits per heavy atom. The van der Waals surface area contributed by atoms with Gasteiger partial charge in [-0.3, -0.25) is 4.79 Å². The molecule has 0 spiro atoms. The Labute approximate surface area is 118 Å². The maximum Gasteiger partial charge on any atom is 0.228 e. The van der Waals surface area contributed by atoms with Crippen molar-refractivity contribution in [2.45, 2.75) is 20.8 Å². The van der Waals surface area contributed by atoms with Crippen LogP contribution in [0.2, 0.25) is 0 Å². The largest absolute Gasteiger partial charge is 0.452 e. The molecule has 0 bridgehead atoms. The zero-order valence-electron chi connectivity index (χ0n) is 11.9. The topological polar surface area (TPSA) is 30.2 Å². The van der Waals surface area contributed by atoms with Gasteiger partial charge in [-0.05, 0) is 32.4 Å². The first-order valence-electron chi connectivity index (χ1n) is 6.68. The normalized spacial score (nSPS) is 10.9. The molecular weight excluding hydrogens is 248 g/mol. The summed E-state index contributed by atoms with van der Waals surface area (Å²) >= 11 is 0. The van der Waals surface area contributed by atoms with Gasteiger partial charge in [0, 0.05) is 16.5 Å². The number of hydrogen-bond donors (Lipinski definition) is 0. The van der Waals surface area contributed by atoms with Crippen LogP contribution in [0.15, 0.2) is 46.9 Å². The molecule has 2 heteroatoms. The van der Waals surface area contributed by atoms with Crippen molar-refractivity contribution in [1.82, 2.24) is 0 Å². The molecule has 0 N–H and O–H groups in total. The number of hydrogen-bond acceptors (Lipinski definition) is 2. The Kier molecular flexibility index (Phi) is 2.94. The molecule has 20 heavy (non-hydrogen) atoms. The first-order valence-corrected chi connectivity index (χ1v) is 6.68. The van der Waals surface area contributed by atoms with Crippen molar-refractivity contribution in [1.29, 1.82) is 0 Å². The highest BCUT2D eigenvalue weighted by Gasteiger charge is 2.20. The molecule has 0 saturated carbocycles. The van der Waals surface area contributed by atoms with Gasteiger partial charge in [-0.1, -0.05) is 42.0 Å². The van der Waals surface area contributed by atoms with Gasteiger partial charge in [0.15, 0.2) is 5.76 Å². The number of carbonyl (C=O) groups is 1. The minimum absolute atomic E-state index is 0.0452. The quantitative estimate of drug-likeness (QED) is 0.634. The fourth-order valence-electron chi connectivity index (χ4n) is 2.58. The highest BCUT2D eigenvalue weighted by Crippen LogP contribution is 2.27. The summed E-state index contributed by atoms with van der Waals surface area (Å²) in [6.07, 6.45) is 0. The zero-order chi connectivity index (χ0) is 14.3. The molecule has 0 aliphatic heterocycles. The lowest BCUT2D eigenvalue weighted by Gasteiger charge is -2.04. The third-order valence-electron chi connectivity index (χ3n) is 3.68. The standard InChI is InChI=1S/C18H16O2/c1-11-8-9-14(12(2)10-11)17(19)18-13(3)15-6-4-5-7-16(15)20-18/h4-10H,1-3H3. The molecule has 2 nitrogen and oxygen atoms in total. The van der Waals surface area contributed by atoms with Crippen molar-refractivity contribution in [3.05, 3.63) is 70.5 Å². The first-order chi connectivity index (χ1) is 9.58.